The lowest BCUT2D eigenvalue weighted by Crippen LogP contribution is -2.49. The number of rotatable bonds is 6. The summed E-state index contributed by atoms with van der Waals surface area (Å²) in [7, 11) is 1.54. The van der Waals surface area contributed by atoms with Gasteiger partial charge in [-0.05, 0) is 76.0 Å². The van der Waals surface area contributed by atoms with E-state index in [2.05, 4.69) is 45.9 Å². The number of hydrogen-bond donors (Lipinski definition) is 3. The summed E-state index contributed by atoms with van der Waals surface area (Å²) in [4.78, 5) is 24.0. The summed E-state index contributed by atoms with van der Waals surface area (Å²) < 4.78 is 11.3. The topological polar surface area (TPSA) is 88.7 Å². The second kappa shape index (κ2) is 10.8. The van der Waals surface area contributed by atoms with Crippen LogP contribution in [0.1, 0.15) is 35.7 Å². The van der Waals surface area contributed by atoms with Crippen molar-refractivity contribution in [2.75, 3.05) is 13.7 Å². The number of carbonyl (C=O) groups is 2. The van der Waals surface area contributed by atoms with Gasteiger partial charge in [0.15, 0.2) is 11.7 Å². The van der Waals surface area contributed by atoms with Crippen molar-refractivity contribution in [3.8, 4) is 11.5 Å². The third-order valence-electron chi connectivity index (χ3n) is 3.88. The molecule has 7 nitrogen and oxygen atoms in total. The van der Waals surface area contributed by atoms with Crippen LogP contribution in [-0.2, 0) is 4.79 Å². The van der Waals surface area contributed by atoms with Gasteiger partial charge >= 0.3 is 0 Å². The second-order valence-electron chi connectivity index (χ2n) is 6.32. The Morgan fingerprint density at radius 3 is 2.38 bits per heavy atom. The van der Waals surface area contributed by atoms with Gasteiger partial charge in [-0.1, -0.05) is 19.9 Å². The summed E-state index contributed by atoms with van der Waals surface area (Å²) in [5, 5.41) is 2.43. The fourth-order valence-corrected chi connectivity index (χ4v) is 2.90. The molecule has 0 aromatic heterocycles. The third-order valence-corrected chi connectivity index (χ3v) is 4.70. The molecule has 0 spiro atoms. The normalized spacial score (nSPS) is 10.2. The second-order valence-corrected chi connectivity index (χ2v) is 7.58. The maximum Gasteiger partial charge on any atom is 0.276 e. The Labute approximate surface area is 183 Å². The average Bonchev–Trinajstić information content (AvgIpc) is 2.71. The number of ether oxygens (including phenoxy) is 2. The van der Waals surface area contributed by atoms with E-state index in [1.165, 1.54) is 0 Å². The van der Waals surface area contributed by atoms with Crippen molar-refractivity contribution in [2.24, 2.45) is 0 Å². The molecule has 0 unspecified atom stereocenters. The van der Waals surface area contributed by atoms with Crippen LogP contribution in [0.25, 0.3) is 0 Å². The molecule has 2 amide bonds. The lowest BCUT2D eigenvalue weighted by atomic mass is 10.0. The Morgan fingerprint density at radius 2 is 1.79 bits per heavy atom. The monoisotopic (exact) mass is 479 g/mol. The first kappa shape index (κ1) is 22.6. The fraction of sp³-hybridized carbons (Fsp3) is 0.250. The van der Waals surface area contributed by atoms with Gasteiger partial charge in [-0.3, -0.25) is 25.8 Å². The van der Waals surface area contributed by atoms with Crippen LogP contribution in [0.15, 0.2) is 46.9 Å². The van der Waals surface area contributed by atoms with E-state index in [1.54, 1.807) is 37.4 Å². The van der Waals surface area contributed by atoms with Gasteiger partial charge in [0.25, 0.3) is 11.8 Å². The molecule has 9 heteroatoms. The molecule has 0 aliphatic heterocycles. The molecule has 0 saturated carbocycles. The molecule has 0 aliphatic rings. The summed E-state index contributed by atoms with van der Waals surface area (Å²) in [6, 6.07) is 12.2. The molecule has 2 aromatic rings. The lowest BCUT2D eigenvalue weighted by Gasteiger charge is -2.13. The van der Waals surface area contributed by atoms with Gasteiger partial charge in [0.05, 0.1) is 11.6 Å². The predicted molar refractivity (Wildman–Crippen MR) is 118 cm³/mol. The van der Waals surface area contributed by atoms with Crippen molar-refractivity contribution in [2.45, 2.75) is 19.8 Å². The van der Waals surface area contributed by atoms with E-state index >= 15 is 0 Å². The molecule has 2 aromatic carbocycles. The highest BCUT2D eigenvalue weighted by Crippen LogP contribution is 2.28. The SMILES string of the molecule is COc1ccc(C(=O)NC(=S)NNC(=O)COc2ccc(C(C)C)cc2Br)cc1. The standard InChI is InChI=1S/C20H22BrN3O4S/c1-12(2)14-6-9-17(16(21)10-14)28-11-18(25)23-24-20(29)22-19(26)13-4-7-15(27-3)8-5-13/h4-10,12H,11H2,1-3H3,(H,23,25)(H2,22,24,26,29). The van der Waals surface area contributed by atoms with Gasteiger partial charge < -0.3 is 9.47 Å². The first-order valence-electron chi connectivity index (χ1n) is 8.76. The number of benzene rings is 2. The van der Waals surface area contributed by atoms with Crippen molar-refractivity contribution in [1.29, 1.82) is 0 Å². The van der Waals surface area contributed by atoms with Crippen LogP contribution < -0.4 is 25.6 Å². The molecule has 154 valence electrons. The van der Waals surface area contributed by atoms with Crippen LogP contribution in [-0.4, -0.2) is 30.6 Å². The Bertz CT molecular complexity index is 888. The number of carbonyl (C=O) groups excluding carboxylic acids is 2. The molecule has 0 atom stereocenters. The van der Waals surface area contributed by atoms with E-state index in [4.69, 9.17) is 21.7 Å². The summed E-state index contributed by atoms with van der Waals surface area (Å²) >= 11 is 8.44. The van der Waals surface area contributed by atoms with Crippen molar-refractivity contribution >= 4 is 45.1 Å². The van der Waals surface area contributed by atoms with Gasteiger partial charge in [0.1, 0.15) is 11.5 Å². The van der Waals surface area contributed by atoms with E-state index in [0.717, 1.165) is 10.0 Å². The van der Waals surface area contributed by atoms with Crippen molar-refractivity contribution < 1.29 is 19.1 Å². The summed E-state index contributed by atoms with van der Waals surface area (Å²) in [5.41, 5.74) is 6.40. The molecule has 0 radical (unpaired) electrons. The zero-order valence-corrected chi connectivity index (χ0v) is 18.6. The maximum atomic E-state index is 12.1. The summed E-state index contributed by atoms with van der Waals surface area (Å²) in [6.07, 6.45) is 0. The average molecular weight is 480 g/mol. The minimum atomic E-state index is -0.453. The molecule has 29 heavy (non-hydrogen) atoms. The Kier molecular flexibility index (Phi) is 8.41. The summed E-state index contributed by atoms with van der Waals surface area (Å²) in [6.45, 7) is 3.97. The van der Waals surface area contributed by atoms with Crippen molar-refractivity contribution in [3.63, 3.8) is 0 Å². The molecule has 0 aliphatic carbocycles. The minimum absolute atomic E-state index is 0.0402. The Morgan fingerprint density at radius 1 is 1.10 bits per heavy atom. The van der Waals surface area contributed by atoms with Gasteiger partial charge in [-0.15, -0.1) is 0 Å². The van der Waals surface area contributed by atoms with E-state index in [0.29, 0.717) is 23.0 Å². The highest BCUT2D eigenvalue weighted by atomic mass is 79.9. The Hall–Kier alpha value is -2.65. The number of hydrogen-bond acceptors (Lipinski definition) is 5. The van der Waals surface area contributed by atoms with Crippen LogP contribution in [0.2, 0.25) is 0 Å². The summed E-state index contributed by atoms with van der Waals surface area (Å²) in [5.74, 6) is 0.720. The van der Waals surface area contributed by atoms with E-state index in [-0.39, 0.29) is 11.7 Å². The smallest absolute Gasteiger partial charge is 0.276 e. The highest BCUT2D eigenvalue weighted by Gasteiger charge is 2.10. The minimum Gasteiger partial charge on any atom is -0.497 e. The quantitative estimate of drug-likeness (QED) is 0.435. The van der Waals surface area contributed by atoms with Gasteiger partial charge in [0.2, 0.25) is 0 Å². The van der Waals surface area contributed by atoms with Crippen molar-refractivity contribution in [3.05, 3.63) is 58.1 Å². The van der Waals surface area contributed by atoms with Crippen LogP contribution in [0.4, 0.5) is 0 Å². The number of halogens is 1. The molecule has 0 bridgehead atoms. The van der Waals surface area contributed by atoms with Gasteiger partial charge in [-0.25, -0.2) is 0 Å². The van der Waals surface area contributed by atoms with Crippen LogP contribution in [0.5, 0.6) is 11.5 Å². The number of thiocarbonyl (C=S) groups is 1. The lowest BCUT2D eigenvalue weighted by molar-refractivity contribution is -0.123. The first-order chi connectivity index (χ1) is 13.8. The number of hydrazine groups is 1. The Balaban J connectivity index is 1.76. The third kappa shape index (κ3) is 7.03. The number of nitrogens with one attached hydrogen (secondary N) is 3. The molecule has 0 saturated heterocycles. The molecular formula is C20H22BrN3O4S. The predicted octanol–water partition coefficient (Wildman–Crippen LogP) is 3.30. The van der Waals surface area contributed by atoms with Crippen LogP contribution in [0, 0.1) is 0 Å². The molecule has 2 rings (SSSR count). The molecule has 0 fully saturated rings. The first-order valence-corrected chi connectivity index (χ1v) is 9.96. The molecule has 0 heterocycles. The molecule has 3 N–H and O–H groups in total. The highest BCUT2D eigenvalue weighted by molar-refractivity contribution is 9.10. The van der Waals surface area contributed by atoms with Gasteiger partial charge in [-0.2, -0.15) is 0 Å². The maximum absolute atomic E-state index is 12.1. The number of amides is 2. The van der Waals surface area contributed by atoms with Gasteiger partial charge in [0, 0.05) is 5.56 Å². The zero-order chi connectivity index (χ0) is 21.4. The van der Waals surface area contributed by atoms with E-state index in [9.17, 15) is 9.59 Å². The number of methoxy groups -OCH3 is 1. The largest absolute Gasteiger partial charge is 0.497 e. The zero-order valence-electron chi connectivity index (χ0n) is 16.2. The van der Waals surface area contributed by atoms with E-state index < -0.39 is 11.8 Å². The van der Waals surface area contributed by atoms with Crippen molar-refractivity contribution in [1.82, 2.24) is 16.2 Å². The van der Waals surface area contributed by atoms with E-state index in [1.807, 2.05) is 12.1 Å². The molecular weight excluding hydrogens is 458 g/mol. The van der Waals surface area contributed by atoms with Crippen LogP contribution >= 0.6 is 28.1 Å². The van der Waals surface area contributed by atoms with Crippen LogP contribution in [0.3, 0.4) is 0 Å². The fourth-order valence-electron chi connectivity index (χ4n) is 2.25.